The summed E-state index contributed by atoms with van der Waals surface area (Å²) >= 11 is 0. The van der Waals surface area contributed by atoms with E-state index >= 15 is 0 Å². The average molecular weight is 286 g/mol. The van der Waals surface area contributed by atoms with E-state index < -0.39 is 11.4 Å². The molecule has 116 valence electrons. The highest BCUT2D eigenvalue weighted by Gasteiger charge is 2.45. The normalized spacial score (nSPS) is 25.5. The van der Waals surface area contributed by atoms with Gasteiger partial charge in [-0.25, -0.2) is 0 Å². The fourth-order valence-electron chi connectivity index (χ4n) is 2.64. The van der Waals surface area contributed by atoms with Crippen molar-refractivity contribution in [3.63, 3.8) is 0 Å². The van der Waals surface area contributed by atoms with Crippen LogP contribution in [0.5, 0.6) is 0 Å². The molecule has 2 atom stereocenters. The van der Waals surface area contributed by atoms with E-state index in [1.165, 1.54) is 4.90 Å². The molecule has 6 nitrogen and oxygen atoms in total. The van der Waals surface area contributed by atoms with Crippen molar-refractivity contribution in [2.75, 3.05) is 33.4 Å². The van der Waals surface area contributed by atoms with Crippen LogP contribution in [0.25, 0.3) is 0 Å². The van der Waals surface area contributed by atoms with E-state index in [0.29, 0.717) is 19.8 Å². The summed E-state index contributed by atoms with van der Waals surface area (Å²) in [7, 11) is 1.57. The maximum Gasteiger partial charge on any atom is 0.325 e. The Hall–Kier alpha value is -1.14. The Bertz CT molecular complexity index is 348. The largest absolute Gasteiger partial charge is 0.465 e. The molecule has 1 aliphatic carbocycles. The molecule has 1 rings (SSSR count). The molecule has 2 N–H and O–H groups in total. The van der Waals surface area contributed by atoms with Gasteiger partial charge >= 0.3 is 5.97 Å². The number of nitrogens with zero attached hydrogens (tertiary/aromatic N) is 1. The molecule has 2 unspecified atom stereocenters. The van der Waals surface area contributed by atoms with Crippen molar-refractivity contribution in [3.05, 3.63) is 0 Å². The van der Waals surface area contributed by atoms with E-state index in [1.807, 2.05) is 6.92 Å². The Morgan fingerprint density at radius 1 is 1.45 bits per heavy atom. The summed E-state index contributed by atoms with van der Waals surface area (Å²) in [4.78, 5) is 25.8. The number of carbonyl (C=O) groups is 2. The van der Waals surface area contributed by atoms with Gasteiger partial charge in [0.1, 0.15) is 6.54 Å². The number of hydrogen-bond donors (Lipinski definition) is 1. The van der Waals surface area contributed by atoms with Crippen LogP contribution in [-0.2, 0) is 19.1 Å². The number of nitrogens with two attached hydrogens (primary N) is 1. The van der Waals surface area contributed by atoms with Gasteiger partial charge in [-0.1, -0.05) is 6.42 Å². The molecule has 1 fully saturated rings. The number of methoxy groups -OCH3 is 1. The van der Waals surface area contributed by atoms with Crippen LogP contribution < -0.4 is 5.73 Å². The van der Waals surface area contributed by atoms with E-state index in [-0.39, 0.29) is 18.5 Å². The lowest BCUT2D eigenvalue weighted by Gasteiger charge is -2.34. The van der Waals surface area contributed by atoms with Crippen molar-refractivity contribution in [1.82, 2.24) is 4.90 Å². The van der Waals surface area contributed by atoms with E-state index in [0.717, 1.165) is 19.3 Å². The Balaban J connectivity index is 2.75. The molecular weight excluding hydrogens is 260 g/mol. The molecule has 0 spiro atoms. The SMILES string of the molecule is CCOC(=O)CN(CCOC)C(=O)C1(C)CCCC1N. The van der Waals surface area contributed by atoms with Crippen LogP contribution in [0, 0.1) is 5.41 Å². The molecule has 0 aromatic rings. The smallest absolute Gasteiger partial charge is 0.325 e. The van der Waals surface area contributed by atoms with Gasteiger partial charge in [-0.2, -0.15) is 0 Å². The van der Waals surface area contributed by atoms with Gasteiger partial charge in [-0.3, -0.25) is 9.59 Å². The second kappa shape index (κ2) is 7.59. The summed E-state index contributed by atoms with van der Waals surface area (Å²) in [5, 5.41) is 0. The molecule has 0 bridgehead atoms. The third-order valence-electron chi connectivity index (χ3n) is 4.00. The Labute approximate surface area is 120 Å². The topological polar surface area (TPSA) is 81.9 Å². The third kappa shape index (κ3) is 3.93. The second-order valence-electron chi connectivity index (χ2n) is 5.44. The van der Waals surface area contributed by atoms with Crippen molar-refractivity contribution in [2.45, 2.75) is 39.2 Å². The predicted molar refractivity (Wildman–Crippen MR) is 75.0 cm³/mol. The maximum absolute atomic E-state index is 12.7. The summed E-state index contributed by atoms with van der Waals surface area (Å²) < 4.78 is 9.93. The summed E-state index contributed by atoms with van der Waals surface area (Å²) in [6.07, 6.45) is 2.56. The molecule has 20 heavy (non-hydrogen) atoms. The minimum atomic E-state index is -0.583. The molecule has 0 heterocycles. The predicted octanol–water partition coefficient (Wildman–Crippen LogP) is 0.542. The lowest BCUT2D eigenvalue weighted by Crippen LogP contribution is -2.51. The minimum absolute atomic E-state index is 0.0433. The molecule has 0 radical (unpaired) electrons. The van der Waals surface area contributed by atoms with E-state index in [1.54, 1.807) is 14.0 Å². The van der Waals surface area contributed by atoms with Gasteiger partial charge in [0, 0.05) is 19.7 Å². The highest BCUT2D eigenvalue weighted by Crippen LogP contribution is 2.38. The first kappa shape index (κ1) is 16.9. The monoisotopic (exact) mass is 286 g/mol. The first-order valence-corrected chi connectivity index (χ1v) is 7.15. The van der Waals surface area contributed by atoms with Gasteiger partial charge in [0.15, 0.2) is 0 Å². The lowest BCUT2D eigenvalue weighted by molar-refractivity contribution is -0.153. The molecule has 0 aromatic heterocycles. The third-order valence-corrected chi connectivity index (χ3v) is 4.00. The van der Waals surface area contributed by atoms with Crippen molar-refractivity contribution < 1.29 is 19.1 Å². The van der Waals surface area contributed by atoms with E-state index in [4.69, 9.17) is 15.2 Å². The highest BCUT2D eigenvalue weighted by molar-refractivity contribution is 5.87. The number of rotatable bonds is 7. The summed E-state index contributed by atoms with van der Waals surface area (Å²) in [5.41, 5.74) is 5.49. The standard InChI is InChI=1S/C14H26N2O4/c1-4-20-12(17)10-16(8-9-19-3)13(18)14(2)7-5-6-11(14)15/h11H,4-10,15H2,1-3H3. The van der Waals surface area contributed by atoms with Gasteiger partial charge in [0.05, 0.1) is 18.6 Å². The summed E-state index contributed by atoms with van der Waals surface area (Å²) in [5.74, 6) is -0.472. The minimum Gasteiger partial charge on any atom is -0.465 e. The van der Waals surface area contributed by atoms with Crippen molar-refractivity contribution in [3.8, 4) is 0 Å². The fraction of sp³-hybridized carbons (Fsp3) is 0.857. The number of carbonyl (C=O) groups excluding carboxylic acids is 2. The first-order valence-electron chi connectivity index (χ1n) is 7.15. The maximum atomic E-state index is 12.7. The molecule has 6 heteroatoms. The highest BCUT2D eigenvalue weighted by atomic mass is 16.5. The van der Waals surface area contributed by atoms with Gasteiger partial charge in [0.25, 0.3) is 0 Å². The van der Waals surface area contributed by atoms with Crippen LogP contribution in [0.1, 0.15) is 33.1 Å². The van der Waals surface area contributed by atoms with Gasteiger partial charge in [0.2, 0.25) is 5.91 Å². The zero-order chi connectivity index (χ0) is 15.2. The van der Waals surface area contributed by atoms with Crippen LogP contribution in [0.15, 0.2) is 0 Å². The Kier molecular flexibility index (Phi) is 6.42. The lowest BCUT2D eigenvalue weighted by atomic mass is 9.83. The molecule has 0 aromatic carbocycles. The zero-order valence-electron chi connectivity index (χ0n) is 12.7. The first-order chi connectivity index (χ1) is 9.45. The number of esters is 1. The van der Waals surface area contributed by atoms with Crippen LogP contribution in [0.2, 0.25) is 0 Å². The summed E-state index contributed by atoms with van der Waals surface area (Å²) in [6.45, 7) is 4.65. The number of amides is 1. The van der Waals surface area contributed by atoms with Gasteiger partial charge in [-0.15, -0.1) is 0 Å². The Morgan fingerprint density at radius 3 is 2.65 bits per heavy atom. The van der Waals surface area contributed by atoms with Crippen molar-refractivity contribution in [2.24, 2.45) is 11.1 Å². The molecule has 1 saturated carbocycles. The quantitative estimate of drug-likeness (QED) is 0.691. The molecular formula is C14H26N2O4. The van der Waals surface area contributed by atoms with Crippen molar-refractivity contribution >= 4 is 11.9 Å². The number of ether oxygens (including phenoxy) is 2. The van der Waals surface area contributed by atoms with Crippen LogP contribution in [0.3, 0.4) is 0 Å². The van der Waals surface area contributed by atoms with Crippen LogP contribution in [0.4, 0.5) is 0 Å². The average Bonchev–Trinajstić information content (AvgIpc) is 2.75. The fourth-order valence-corrected chi connectivity index (χ4v) is 2.64. The van der Waals surface area contributed by atoms with Crippen molar-refractivity contribution in [1.29, 1.82) is 0 Å². The summed E-state index contributed by atoms with van der Waals surface area (Å²) in [6, 6.07) is -0.151. The number of hydrogen-bond acceptors (Lipinski definition) is 5. The van der Waals surface area contributed by atoms with Gasteiger partial charge < -0.3 is 20.1 Å². The molecule has 1 aliphatic rings. The van der Waals surface area contributed by atoms with E-state index in [2.05, 4.69) is 0 Å². The molecule has 0 saturated heterocycles. The van der Waals surface area contributed by atoms with E-state index in [9.17, 15) is 9.59 Å². The molecule has 0 aliphatic heterocycles. The molecule has 1 amide bonds. The zero-order valence-corrected chi connectivity index (χ0v) is 12.7. The van der Waals surface area contributed by atoms with Gasteiger partial charge in [-0.05, 0) is 26.7 Å². The second-order valence-corrected chi connectivity index (χ2v) is 5.44. The van der Waals surface area contributed by atoms with Crippen LogP contribution in [-0.4, -0.2) is 56.2 Å². The Morgan fingerprint density at radius 2 is 2.15 bits per heavy atom. The van der Waals surface area contributed by atoms with Crippen LogP contribution >= 0.6 is 0 Å².